The van der Waals surface area contributed by atoms with Crippen LogP contribution in [0.3, 0.4) is 0 Å². The molecule has 3 rings (SSSR count). The summed E-state index contributed by atoms with van der Waals surface area (Å²) in [6, 6.07) is 3.91. The summed E-state index contributed by atoms with van der Waals surface area (Å²) in [6.45, 7) is 1.21. The zero-order chi connectivity index (χ0) is 18.7. The minimum absolute atomic E-state index is 0.0926. The summed E-state index contributed by atoms with van der Waals surface area (Å²) in [6.07, 6.45) is 3.41. The number of piperidine rings is 1. The molecule has 0 N–H and O–H groups in total. The normalized spacial score (nSPS) is 21.0. The molecular formula is C19H23F2N3O2. The molecule has 7 heteroatoms. The Balaban J connectivity index is 1.60. The lowest BCUT2D eigenvalue weighted by molar-refractivity contribution is -0.131. The van der Waals surface area contributed by atoms with Crippen LogP contribution in [0.2, 0.25) is 0 Å². The van der Waals surface area contributed by atoms with Crippen molar-refractivity contribution in [3.05, 3.63) is 35.4 Å². The van der Waals surface area contributed by atoms with E-state index in [1.165, 1.54) is 23.2 Å². The van der Waals surface area contributed by atoms with Crippen LogP contribution in [0.25, 0.3) is 0 Å². The molecule has 1 saturated heterocycles. The standard InChI is InChI=1S/C19H23F2N3O2/c1-23-18(25)10-9-17(22-23)19(26)24-11-3-4-13(12-24)7-8-14-15(20)5-2-6-16(14)21/h2,5-6,13H,3-4,7-12H2,1H3/t13-/m1/s1. The number of carbonyl (C=O) groups excluding carboxylic acids is 2. The van der Waals surface area contributed by atoms with E-state index in [4.69, 9.17) is 0 Å². The van der Waals surface area contributed by atoms with Crippen molar-refractivity contribution in [1.29, 1.82) is 0 Å². The van der Waals surface area contributed by atoms with Crippen LogP contribution in [0.1, 0.15) is 37.7 Å². The first-order valence-corrected chi connectivity index (χ1v) is 9.02. The zero-order valence-electron chi connectivity index (χ0n) is 14.9. The van der Waals surface area contributed by atoms with Gasteiger partial charge in [-0.1, -0.05) is 6.07 Å². The number of rotatable bonds is 4. The molecule has 1 atom stereocenters. The first-order chi connectivity index (χ1) is 12.5. The summed E-state index contributed by atoms with van der Waals surface area (Å²) in [5, 5.41) is 5.31. The minimum atomic E-state index is -0.516. The van der Waals surface area contributed by atoms with Crippen LogP contribution in [0.5, 0.6) is 0 Å². The third-order valence-electron chi connectivity index (χ3n) is 5.12. The molecular weight excluding hydrogens is 340 g/mol. The van der Waals surface area contributed by atoms with Gasteiger partial charge in [0.2, 0.25) is 5.91 Å². The van der Waals surface area contributed by atoms with Crippen molar-refractivity contribution >= 4 is 17.5 Å². The van der Waals surface area contributed by atoms with Gasteiger partial charge in [0.15, 0.2) is 0 Å². The molecule has 2 amide bonds. The lowest BCUT2D eigenvalue weighted by atomic mass is 9.91. The number of benzene rings is 1. The van der Waals surface area contributed by atoms with Gasteiger partial charge in [-0.25, -0.2) is 13.8 Å². The van der Waals surface area contributed by atoms with E-state index in [9.17, 15) is 18.4 Å². The van der Waals surface area contributed by atoms with E-state index in [2.05, 4.69) is 5.10 Å². The molecule has 0 spiro atoms. The quantitative estimate of drug-likeness (QED) is 0.826. The van der Waals surface area contributed by atoms with Crippen LogP contribution < -0.4 is 0 Å². The molecule has 140 valence electrons. The Kier molecular flexibility index (Phi) is 5.64. The summed E-state index contributed by atoms with van der Waals surface area (Å²) in [5.74, 6) is -1.05. The molecule has 2 heterocycles. The van der Waals surface area contributed by atoms with E-state index in [0.29, 0.717) is 44.5 Å². The SMILES string of the molecule is CN1N=C(C(=O)N2CCC[C@H](CCc3c(F)cccc3F)C2)CCC1=O. The lowest BCUT2D eigenvalue weighted by Gasteiger charge is -2.34. The van der Waals surface area contributed by atoms with Crippen molar-refractivity contribution in [2.45, 2.75) is 38.5 Å². The van der Waals surface area contributed by atoms with E-state index in [1.807, 2.05) is 0 Å². The lowest BCUT2D eigenvalue weighted by Crippen LogP contribution is -2.45. The maximum Gasteiger partial charge on any atom is 0.270 e. The second kappa shape index (κ2) is 7.93. The highest BCUT2D eigenvalue weighted by Crippen LogP contribution is 2.24. The maximum atomic E-state index is 13.8. The van der Waals surface area contributed by atoms with Crippen molar-refractivity contribution in [2.24, 2.45) is 11.0 Å². The third kappa shape index (κ3) is 4.08. The van der Waals surface area contributed by atoms with Gasteiger partial charge < -0.3 is 4.90 Å². The highest BCUT2D eigenvalue weighted by molar-refractivity contribution is 6.39. The summed E-state index contributed by atoms with van der Waals surface area (Å²) in [4.78, 5) is 25.9. The van der Waals surface area contributed by atoms with E-state index >= 15 is 0 Å². The fourth-order valence-electron chi connectivity index (χ4n) is 3.61. The van der Waals surface area contributed by atoms with Crippen LogP contribution in [0, 0.1) is 17.6 Å². The van der Waals surface area contributed by atoms with Crippen LogP contribution in [0.15, 0.2) is 23.3 Å². The fourth-order valence-corrected chi connectivity index (χ4v) is 3.61. The number of likely N-dealkylation sites (tertiary alicyclic amines) is 1. The van der Waals surface area contributed by atoms with Gasteiger partial charge in [0.05, 0.1) is 0 Å². The molecule has 2 aliphatic rings. The van der Waals surface area contributed by atoms with Gasteiger partial charge in [0.1, 0.15) is 17.3 Å². The van der Waals surface area contributed by atoms with Crippen LogP contribution in [-0.4, -0.2) is 47.6 Å². The summed E-state index contributed by atoms with van der Waals surface area (Å²) in [7, 11) is 1.55. The van der Waals surface area contributed by atoms with Crippen LogP contribution >= 0.6 is 0 Å². The Morgan fingerprint density at radius 1 is 1.27 bits per heavy atom. The fraction of sp³-hybridized carbons (Fsp3) is 0.526. The van der Waals surface area contributed by atoms with E-state index in [-0.39, 0.29) is 23.3 Å². The summed E-state index contributed by atoms with van der Waals surface area (Å²) >= 11 is 0. The van der Waals surface area contributed by atoms with E-state index < -0.39 is 11.6 Å². The van der Waals surface area contributed by atoms with Gasteiger partial charge in [-0.15, -0.1) is 0 Å². The molecule has 26 heavy (non-hydrogen) atoms. The molecule has 0 aromatic heterocycles. The number of hydrogen-bond acceptors (Lipinski definition) is 3. The molecule has 1 aromatic rings. The maximum absolute atomic E-state index is 13.8. The monoisotopic (exact) mass is 363 g/mol. The molecule has 1 fully saturated rings. The third-order valence-corrected chi connectivity index (χ3v) is 5.12. The highest BCUT2D eigenvalue weighted by Gasteiger charge is 2.29. The number of amides is 2. The molecule has 0 bridgehead atoms. The smallest absolute Gasteiger partial charge is 0.270 e. The predicted molar refractivity (Wildman–Crippen MR) is 93.4 cm³/mol. The largest absolute Gasteiger partial charge is 0.337 e. The predicted octanol–water partition coefficient (Wildman–Crippen LogP) is 2.74. The Labute approximate surface area is 151 Å². The van der Waals surface area contributed by atoms with Crippen LogP contribution in [0.4, 0.5) is 8.78 Å². The number of hydrogen-bond donors (Lipinski definition) is 0. The highest BCUT2D eigenvalue weighted by atomic mass is 19.1. The van der Waals surface area contributed by atoms with Gasteiger partial charge in [-0.05, 0) is 43.7 Å². The first-order valence-electron chi connectivity index (χ1n) is 9.02. The van der Waals surface area contributed by atoms with Gasteiger partial charge in [0, 0.05) is 38.5 Å². The molecule has 0 radical (unpaired) electrons. The molecule has 2 aliphatic heterocycles. The Bertz CT molecular complexity index is 715. The Morgan fingerprint density at radius 3 is 2.69 bits per heavy atom. The second-order valence-electron chi connectivity index (χ2n) is 6.96. The van der Waals surface area contributed by atoms with Crippen molar-refractivity contribution in [2.75, 3.05) is 20.1 Å². The molecule has 5 nitrogen and oxygen atoms in total. The van der Waals surface area contributed by atoms with Crippen molar-refractivity contribution in [1.82, 2.24) is 9.91 Å². The number of carbonyl (C=O) groups is 2. The number of halogens is 2. The first kappa shape index (κ1) is 18.5. The Morgan fingerprint density at radius 2 is 2.00 bits per heavy atom. The number of hydrazone groups is 1. The average Bonchev–Trinajstić information content (AvgIpc) is 2.63. The topological polar surface area (TPSA) is 53.0 Å². The van der Waals surface area contributed by atoms with Crippen molar-refractivity contribution in [3.63, 3.8) is 0 Å². The zero-order valence-corrected chi connectivity index (χ0v) is 14.9. The molecule has 0 aliphatic carbocycles. The average molecular weight is 363 g/mol. The van der Waals surface area contributed by atoms with Gasteiger partial charge in [-0.2, -0.15) is 5.10 Å². The van der Waals surface area contributed by atoms with Crippen molar-refractivity contribution < 1.29 is 18.4 Å². The van der Waals surface area contributed by atoms with Gasteiger partial charge >= 0.3 is 0 Å². The van der Waals surface area contributed by atoms with Crippen molar-refractivity contribution in [3.8, 4) is 0 Å². The molecule has 1 aromatic carbocycles. The second-order valence-corrected chi connectivity index (χ2v) is 6.96. The Hall–Kier alpha value is -2.31. The van der Waals surface area contributed by atoms with E-state index in [0.717, 1.165) is 12.8 Å². The van der Waals surface area contributed by atoms with E-state index in [1.54, 1.807) is 11.9 Å². The van der Waals surface area contributed by atoms with Gasteiger partial charge in [-0.3, -0.25) is 9.59 Å². The van der Waals surface area contributed by atoms with Gasteiger partial charge in [0.25, 0.3) is 5.91 Å². The minimum Gasteiger partial charge on any atom is -0.337 e. The summed E-state index contributed by atoms with van der Waals surface area (Å²) < 4.78 is 27.5. The number of nitrogens with zero attached hydrogens (tertiary/aromatic N) is 3. The summed E-state index contributed by atoms with van der Waals surface area (Å²) in [5.41, 5.74) is 0.528. The van der Waals surface area contributed by atoms with Crippen LogP contribution in [-0.2, 0) is 16.0 Å². The molecule has 0 saturated carbocycles. The molecule has 0 unspecified atom stereocenters.